The highest BCUT2D eigenvalue weighted by atomic mass is 35.5. The lowest BCUT2D eigenvalue weighted by Gasteiger charge is -2.03. The first-order chi connectivity index (χ1) is 5.70. The molecule has 0 atom stereocenters. The summed E-state index contributed by atoms with van der Waals surface area (Å²) in [6.07, 6.45) is 2.17. The fraction of sp³-hybridized carbons (Fsp3) is 0.500. The maximum absolute atomic E-state index is 11.5. The molecule has 0 aliphatic heterocycles. The van der Waals surface area contributed by atoms with Gasteiger partial charge in [0.1, 0.15) is 0 Å². The third-order valence-electron chi connectivity index (χ3n) is 1.74. The predicted octanol–water partition coefficient (Wildman–Crippen LogP) is 1.48. The molecule has 0 saturated carbocycles. The monoisotopic (exact) mass is 186 g/mol. The van der Waals surface area contributed by atoms with Gasteiger partial charge in [-0.2, -0.15) is 5.10 Å². The van der Waals surface area contributed by atoms with Crippen molar-refractivity contribution in [3.05, 3.63) is 27.1 Å². The molecule has 1 aromatic heterocycles. The van der Waals surface area contributed by atoms with E-state index in [0.717, 1.165) is 0 Å². The van der Waals surface area contributed by atoms with Crippen LogP contribution in [0, 0.1) is 0 Å². The summed E-state index contributed by atoms with van der Waals surface area (Å²) in [7, 11) is 0. The smallest absolute Gasteiger partial charge is 0.267 e. The van der Waals surface area contributed by atoms with Crippen LogP contribution in [0.1, 0.15) is 19.4 Å². The highest BCUT2D eigenvalue weighted by molar-refractivity contribution is 6.31. The minimum absolute atomic E-state index is 0.0764. The Labute approximate surface area is 76.0 Å². The highest BCUT2D eigenvalue weighted by Crippen LogP contribution is 2.09. The van der Waals surface area contributed by atoms with Crippen molar-refractivity contribution < 1.29 is 0 Å². The van der Waals surface area contributed by atoms with Crippen LogP contribution in [-0.4, -0.2) is 9.78 Å². The summed E-state index contributed by atoms with van der Waals surface area (Å²) in [5, 5.41) is 4.34. The van der Waals surface area contributed by atoms with Gasteiger partial charge in [0.25, 0.3) is 5.56 Å². The van der Waals surface area contributed by atoms with Crippen LogP contribution >= 0.6 is 11.6 Å². The second kappa shape index (κ2) is 3.72. The normalized spacial score (nSPS) is 10.2. The molecule has 0 unspecified atom stereocenters. The largest absolute Gasteiger partial charge is 0.271 e. The maximum atomic E-state index is 11.5. The Balaban J connectivity index is 3.34. The van der Waals surface area contributed by atoms with Crippen LogP contribution in [0.4, 0.5) is 0 Å². The summed E-state index contributed by atoms with van der Waals surface area (Å²) in [5.74, 6) is 0. The van der Waals surface area contributed by atoms with Gasteiger partial charge >= 0.3 is 0 Å². The third-order valence-corrected chi connectivity index (χ3v) is 2.07. The summed E-state index contributed by atoms with van der Waals surface area (Å²) in [6.45, 7) is 4.37. The van der Waals surface area contributed by atoms with E-state index in [2.05, 4.69) is 5.10 Å². The van der Waals surface area contributed by atoms with Crippen LogP contribution in [0.3, 0.4) is 0 Å². The molecule has 0 aromatic carbocycles. The lowest BCUT2D eigenvalue weighted by molar-refractivity contribution is 0.608. The summed E-state index contributed by atoms with van der Waals surface area (Å²) in [6, 6.07) is 0. The van der Waals surface area contributed by atoms with E-state index >= 15 is 0 Å². The number of aromatic nitrogens is 2. The fourth-order valence-electron chi connectivity index (χ4n) is 1.05. The van der Waals surface area contributed by atoms with E-state index < -0.39 is 0 Å². The number of hydrogen-bond donors (Lipinski definition) is 0. The van der Waals surface area contributed by atoms with E-state index in [1.807, 2.05) is 13.8 Å². The Hall–Kier alpha value is -0.830. The van der Waals surface area contributed by atoms with Crippen molar-refractivity contribution >= 4 is 11.6 Å². The lowest BCUT2D eigenvalue weighted by Crippen LogP contribution is -2.25. The van der Waals surface area contributed by atoms with Crippen LogP contribution in [0.2, 0.25) is 5.02 Å². The average molecular weight is 187 g/mol. The molecule has 0 N–H and O–H groups in total. The van der Waals surface area contributed by atoms with Crippen molar-refractivity contribution in [2.24, 2.45) is 0 Å². The number of aryl methyl sites for hydroxylation is 1. The number of hydrogen-bond acceptors (Lipinski definition) is 2. The number of halogens is 1. The van der Waals surface area contributed by atoms with E-state index in [1.54, 1.807) is 0 Å². The van der Waals surface area contributed by atoms with Crippen LogP contribution in [-0.2, 0) is 13.0 Å². The minimum Gasteiger partial charge on any atom is -0.267 e. The van der Waals surface area contributed by atoms with Crippen molar-refractivity contribution in [2.75, 3.05) is 0 Å². The van der Waals surface area contributed by atoms with Gasteiger partial charge in [-0.25, -0.2) is 4.68 Å². The Morgan fingerprint density at radius 1 is 1.58 bits per heavy atom. The summed E-state index contributed by atoms with van der Waals surface area (Å²) in [4.78, 5) is 11.5. The summed E-state index contributed by atoms with van der Waals surface area (Å²) >= 11 is 5.78. The molecule has 0 bridgehead atoms. The molecule has 3 nitrogen and oxygen atoms in total. The molecule has 0 spiro atoms. The standard InChI is InChI=1S/C8H11ClN2O/c1-3-6-7(9)5-10-11(4-2)8(6)12/h5H,3-4H2,1-2H3. The number of rotatable bonds is 2. The van der Waals surface area contributed by atoms with Gasteiger partial charge in [0, 0.05) is 12.1 Å². The van der Waals surface area contributed by atoms with Gasteiger partial charge in [-0.3, -0.25) is 4.79 Å². The molecule has 0 aliphatic carbocycles. The SMILES string of the molecule is CCc1c(Cl)cnn(CC)c1=O. The Bertz CT molecular complexity index is 332. The molecule has 12 heavy (non-hydrogen) atoms. The molecule has 0 aliphatic rings. The van der Waals surface area contributed by atoms with E-state index in [4.69, 9.17) is 11.6 Å². The Morgan fingerprint density at radius 3 is 2.75 bits per heavy atom. The van der Waals surface area contributed by atoms with Gasteiger partial charge in [-0.15, -0.1) is 0 Å². The molecule has 1 aromatic rings. The summed E-state index contributed by atoms with van der Waals surface area (Å²) < 4.78 is 1.41. The second-order valence-corrected chi connectivity index (χ2v) is 2.85. The summed E-state index contributed by atoms with van der Waals surface area (Å²) in [5.41, 5.74) is 0.570. The van der Waals surface area contributed by atoms with Gasteiger partial charge in [0.15, 0.2) is 0 Å². The maximum Gasteiger partial charge on any atom is 0.271 e. The zero-order chi connectivity index (χ0) is 9.14. The topological polar surface area (TPSA) is 34.9 Å². The van der Waals surface area contributed by atoms with Gasteiger partial charge in [-0.05, 0) is 13.3 Å². The molecule has 1 rings (SSSR count). The molecule has 4 heteroatoms. The highest BCUT2D eigenvalue weighted by Gasteiger charge is 2.05. The van der Waals surface area contributed by atoms with Crippen molar-refractivity contribution in [2.45, 2.75) is 26.8 Å². The quantitative estimate of drug-likeness (QED) is 0.702. The minimum atomic E-state index is -0.0764. The van der Waals surface area contributed by atoms with Crippen LogP contribution in [0.5, 0.6) is 0 Å². The first kappa shape index (κ1) is 9.26. The van der Waals surface area contributed by atoms with E-state index in [1.165, 1.54) is 10.9 Å². The van der Waals surface area contributed by atoms with E-state index in [-0.39, 0.29) is 5.56 Å². The molecule has 0 saturated heterocycles. The van der Waals surface area contributed by atoms with Gasteiger partial charge in [0.2, 0.25) is 0 Å². The zero-order valence-corrected chi connectivity index (χ0v) is 7.93. The molecule has 0 radical (unpaired) electrons. The molecule has 66 valence electrons. The molecular formula is C8H11ClN2O. The van der Waals surface area contributed by atoms with Crippen LogP contribution in [0.25, 0.3) is 0 Å². The molecule has 1 heterocycles. The fourth-order valence-corrected chi connectivity index (χ4v) is 1.31. The van der Waals surface area contributed by atoms with Gasteiger partial charge < -0.3 is 0 Å². The van der Waals surface area contributed by atoms with Gasteiger partial charge in [-0.1, -0.05) is 18.5 Å². The Kier molecular flexibility index (Phi) is 2.87. The van der Waals surface area contributed by atoms with E-state index in [9.17, 15) is 4.79 Å². The van der Waals surface area contributed by atoms with Crippen LogP contribution in [0.15, 0.2) is 11.0 Å². The molecular weight excluding hydrogens is 176 g/mol. The molecule has 0 amide bonds. The van der Waals surface area contributed by atoms with E-state index in [0.29, 0.717) is 23.6 Å². The Morgan fingerprint density at radius 2 is 2.25 bits per heavy atom. The van der Waals surface area contributed by atoms with Crippen LogP contribution < -0.4 is 5.56 Å². The second-order valence-electron chi connectivity index (χ2n) is 2.45. The van der Waals surface area contributed by atoms with Crippen molar-refractivity contribution in [3.63, 3.8) is 0 Å². The molecule has 0 fully saturated rings. The van der Waals surface area contributed by atoms with Gasteiger partial charge in [0.05, 0.1) is 11.2 Å². The van der Waals surface area contributed by atoms with Crippen molar-refractivity contribution in [1.29, 1.82) is 0 Å². The van der Waals surface area contributed by atoms with Crippen molar-refractivity contribution in [3.8, 4) is 0 Å². The number of nitrogens with zero attached hydrogens (tertiary/aromatic N) is 2. The van der Waals surface area contributed by atoms with Crippen molar-refractivity contribution in [1.82, 2.24) is 9.78 Å². The average Bonchev–Trinajstić information content (AvgIpc) is 2.06. The first-order valence-electron chi connectivity index (χ1n) is 3.95. The zero-order valence-electron chi connectivity index (χ0n) is 7.17. The lowest BCUT2D eigenvalue weighted by atomic mass is 10.2. The predicted molar refractivity (Wildman–Crippen MR) is 48.6 cm³/mol. The third kappa shape index (κ3) is 1.50. The first-order valence-corrected chi connectivity index (χ1v) is 4.33.